The zero-order valence-electron chi connectivity index (χ0n) is 27.4. The van der Waals surface area contributed by atoms with Crippen molar-refractivity contribution >= 4 is 14.4 Å². The summed E-state index contributed by atoms with van der Waals surface area (Å²) in [5.74, 6) is 0. The van der Waals surface area contributed by atoms with Crippen molar-refractivity contribution in [2.75, 3.05) is 6.54 Å². The molecule has 43 heavy (non-hydrogen) atoms. The Hall–Kier alpha value is -2.23. The molecule has 0 radical (unpaired) electrons. The zero-order valence-corrected chi connectivity index (χ0v) is 28.4. The first-order valence-electron chi connectivity index (χ1n) is 16.2. The van der Waals surface area contributed by atoms with Gasteiger partial charge in [-0.1, -0.05) is 120 Å². The molecule has 0 unspecified atom stereocenters. The summed E-state index contributed by atoms with van der Waals surface area (Å²) >= 11 is 0. The average Bonchev–Trinajstić information content (AvgIpc) is 2.99. The van der Waals surface area contributed by atoms with E-state index in [2.05, 4.69) is 20.8 Å². The minimum Gasteiger partial charge on any atom is -0.444 e. The van der Waals surface area contributed by atoms with Crippen molar-refractivity contribution in [3.05, 3.63) is 71.8 Å². The lowest BCUT2D eigenvalue weighted by Gasteiger charge is -2.40. The van der Waals surface area contributed by atoms with Gasteiger partial charge in [0.25, 0.3) is 0 Å². The molecule has 0 saturated carbocycles. The van der Waals surface area contributed by atoms with Crippen molar-refractivity contribution in [2.45, 2.75) is 135 Å². The number of aliphatic hydroxyl groups is 3. The van der Waals surface area contributed by atoms with Crippen LogP contribution in [-0.2, 0) is 15.7 Å². The number of aliphatic hydroxyl groups excluding tert-OH is 3. The van der Waals surface area contributed by atoms with E-state index in [4.69, 9.17) is 9.16 Å². The third-order valence-corrected chi connectivity index (χ3v) is 12.3. The van der Waals surface area contributed by atoms with Crippen LogP contribution in [0.5, 0.6) is 0 Å². The maximum atomic E-state index is 13.2. The Morgan fingerprint density at radius 3 is 1.74 bits per heavy atom. The lowest BCUT2D eigenvalue weighted by molar-refractivity contribution is -0.108. The number of rotatable bonds is 19. The zero-order chi connectivity index (χ0) is 31.9. The summed E-state index contributed by atoms with van der Waals surface area (Å²) in [5.41, 5.74) is 0.903. The SMILES string of the molecule is CCCC[Si](CCCC)(CCCC)O[C@@H](c1ccccc1)[C@@H](O)[C@H](O)[C@H](O)CN(Cc1ccccc1)C(=O)OC(C)(C)C. The van der Waals surface area contributed by atoms with Crippen LogP contribution < -0.4 is 0 Å². The largest absolute Gasteiger partial charge is 0.444 e. The number of carbonyl (C=O) groups is 1. The fourth-order valence-electron chi connectivity index (χ4n) is 5.37. The highest BCUT2D eigenvalue weighted by Crippen LogP contribution is 2.37. The van der Waals surface area contributed by atoms with Crippen LogP contribution >= 0.6 is 0 Å². The van der Waals surface area contributed by atoms with Gasteiger partial charge in [-0.3, -0.25) is 0 Å². The fraction of sp³-hybridized carbons (Fsp3) is 0.629. The molecule has 242 valence electrons. The number of amides is 1. The molecule has 0 spiro atoms. The Labute approximate surface area is 261 Å². The maximum absolute atomic E-state index is 13.2. The van der Waals surface area contributed by atoms with Gasteiger partial charge in [-0.15, -0.1) is 0 Å². The van der Waals surface area contributed by atoms with E-state index in [0.29, 0.717) is 0 Å². The molecule has 2 aromatic rings. The monoisotopic (exact) mass is 615 g/mol. The molecule has 0 aliphatic rings. The van der Waals surface area contributed by atoms with Gasteiger partial charge in [0, 0.05) is 6.54 Å². The summed E-state index contributed by atoms with van der Waals surface area (Å²) in [4.78, 5) is 14.5. The molecule has 1 amide bonds. The van der Waals surface area contributed by atoms with Crippen LogP contribution in [0.3, 0.4) is 0 Å². The van der Waals surface area contributed by atoms with E-state index in [1.807, 2.05) is 60.7 Å². The van der Waals surface area contributed by atoms with Gasteiger partial charge in [0.2, 0.25) is 0 Å². The normalized spacial score (nSPS) is 15.0. The van der Waals surface area contributed by atoms with Gasteiger partial charge in [-0.25, -0.2) is 4.79 Å². The van der Waals surface area contributed by atoms with E-state index < -0.39 is 44.4 Å². The van der Waals surface area contributed by atoms with E-state index in [0.717, 1.165) is 67.8 Å². The van der Waals surface area contributed by atoms with E-state index in [9.17, 15) is 20.1 Å². The molecule has 0 aromatic heterocycles. The highest BCUT2D eigenvalue weighted by atomic mass is 28.4. The van der Waals surface area contributed by atoms with Crippen molar-refractivity contribution in [1.82, 2.24) is 4.90 Å². The highest BCUT2D eigenvalue weighted by Gasteiger charge is 2.42. The maximum Gasteiger partial charge on any atom is 0.410 e. The molecule has 4 atom stereocenters. The number of hydrogen-bond donors (Lipinski definition) is 3. The Kier molecular flexibility index (Phi) is 15.9. The van der Waals surface area contributed by atoms with Crippen LogP contribution in [0.15, 0.2) is 60.7 Å². The molecule has 2 aromatic carbocycles. The van der Waals surface area contributed by atoms with E-state index in [1.54, 1.807) is 20.8 Å². The van der Waals surface area contributed by atoms with Gasteiger partial charge in [-0.05, 0) is 50.0 Å². The van der Waals surface area contributed by atoms with Crippen molar-refractivity contribution < 1.29 is 29.3 Å². The van der Waals surface area contributed by atoms with Crippen molar-refractivity contribution in [3.63, 3.8) is 0 Å². The molecule has 0 heterocycles. The van der Waals surface area contributed by atoms with Crippen molar-refractivity contribution in [2.24, 2.45) is 0 Å². The topological polar surface area (TPSA) is 99.5 Å². The third-order valence-electron chi connectivity index (χ3n) is 7.79. The quantitative estimate of drug-likeness (QED) is 0.141. The van der Waals surface area contributed by atoms with Gasteiger partial charge in [0.1, 0.15) is 23.9 Å². The van der Waals surface area contributed by atoms with Crippen molar-refractivity contribution in [1.29, 1.82) is 0 Å². The first kappa shape index (κ1) is 37.0. The number of carbonyl (C=O) groups excluding carboxylic acids is 1. The molecule has 8 heteroatoms. The van der Waals surface area contributed by atoms with Crippen LogP contribution in [0.4, 0.5) is 4.79 Å². The number of unbranched alkanes of at least 4 members (excludes halogenated alkanes) is 3. The second kappa shape index (κ2) is 18.5. The number of hydrogen-bond acceptors (Lipinski definition) is 6. The van der Waals surface area contributed by atoms with Gasteiger partial charge in [-0.2, -0.15) is 0 Å². The van der Waals surface area contributed by atoms with Crippen LogP contribution in [0.25, 0.3) is 0 Å². The standard InChI is InChI=1S/C35H57NO6Si/c1-7-10-23-43(24-11-8-2,25-12-9-3)42-33(29-21-17-14-18-22-29)32(39)31(38)30(37)27-36(34(40)41-35(4,5)6)26-28-19-15-13-16-20-28/h13-22,30-33,37-39H,7-12,23-27H2,1-6H3/t30-,31-,32+,33+/m1/s1. The molecule has 0 bridgehead atoms. The number of benzene rings is 2. The first-order valence-corrected chi connectivity index (χ1v) is 18.8. The lowest BCUT2D eigenvalue weighted by atomic mass is 9.97. The van der Waals surface area contributed by atoms with Crippen LogP contribution in [0, 0.1) is 0 Å². The summed E-state index contributed by atoms with van der Waals surface area (Å²) in [6, 6.07) is 22.0. The smallest absolute Gasteiger partial charge is 0.410 e. The minimum absolute atomic E-state index is 0.190. The molecule has 0 aliphatic carbocycles. The summed E-state index contributed by atoms with van der Waals surface area (Å²) in [6.07, 6.45) is 0.609. The molecule has 7 nitrogen and oxygen atoms in total. The van der Waals surface area contributed by atoms with Crippen molar-refractivity contribution in [3.8, 4) is 0 Å². The van der Waals surface area contributed by atoms with E-state index in [-0.39, 0.29) is 13.1 Å². The molecular weight excluding hydrogens is 558 g/mol. The van der Waals surface area contributed by atoms with Crippen LogP contribution in [0.2, 0.25) is 18.1 Å². The summed E-state index contributed by atoms with van der Waals surface area (Å²) < 4.78 is 12.7. The molecular formula is C35H57NO6Si. The second-order valence-corrected chi connectivity index (χ2v) is 16.9. The van der Waals surface area contributed by atoms with Crippen LogP contribution in [0.1, 0.15) is 97.3 Å². The summed E-state index contributed by atoms with van der Waals surface area (Å²) in [6.45, 7) is 11.9. The molecule has 2 rings (SSSR count). The van der Waals surface area contributed by atoms with Gasteiger partial charge in [0.15, 0.2) is 8.32 Å². The molecule has 0 fully saturated rings. The predicted octanol–water partition coefficient (Wildman–Crippen LogP) is 7.61. The predicted molar refractivity (Wildman–Crippen MR) is 176 cm³/mol. The molecule has 0 saturated heterocycles. The third kappa shape index (κ3) is 12.7. The van der Waals surface area contributed by atoms with Gasteiger partial charge < -0.3 is 29.4 Å². The minimum atomic E-state index is -2.31. The fourth-order valence-corrected chi connectivity index (χ4v) is 10.3. The molecule has 0 aliphatic heterocycles. The van der Waals surface area contributed by atoms with Gasteiger partial charge >= 0.3 is 6.09 Å². The van der Waals surface area contributed by atoms with Gasteiger partial charge in [0.05, 0.1) is 12.6 Å². The second-order valence-electron chi connectivity index (χ2n) is 12.8. The molecule has 3 N–H and O–H groups in total. The highest BCUT2D eigenvalue weighted by molar-refractivity contribution is 6.73. The Morgan fingerprint density at radius 1 is 0.791 bits per heavy atom. The average molecular weight is 616 g/mol. The Balaban J connectivity index is 2.38. The summed E-state index contributed by atoms with van der Waals surface area (Å²) in [7, 11) is -2.31. The lowest BCUT2D eigenvalue weighted by Crippen LogP contribution is -2.51. The Bertz CT molecular complexity index is 1010. The number of ether oxygens (including phenoxy) is 1. The summed E-state index contributed by atoms with van der Waals surface area (Å²) in [5, 5.41) is 34.4. The van der Waals surface area contributed by atoms with E-state index >= 15 is 0 Å². The Morgan fingerprint density at radius 2 is 1.28 bits per heavy atom. The van der Waals surface area contributed by atoms with E-state index in [1.165, 1.54) is 4.90 Å². The number of nitrogens with zero attached hydrogens (tertiary/aromatic N) is 1. The van der Waals surface area contributed by atoms with Crippen LogP contribution in [-0.4, -0.2) is 65.1 Å². The first-order chi connectivity index (χ1) is 20.4.